The molecule has 1 aliphatic rings. The van der Waals surface area contributed by atoms with E-state index in [9.17, 15) is 9.59 Å². The van der Waals surface area contributed by atoms with Crippen LogP contribution < -0.4 is 10.6 Å². The molecule has 154 valence electrons. The summed E-state index contributed by atoms with van der Waals surface area (Å²) in [4.78, 5) is 25.5. The molecule has 2 heterocycles. The molecule has 1 atom stereocenters. The molecule has 0 spiro atoms. The first-order chi connectivity index (χ1) is 15.0. The average Bonchev–Trinajstić information content (AvgIpc) is 3.23. The Morgan fingerprint density at radius 3 is 2.58 bits per heavy atom. The number of nitrogens with one attached hydrogen (secondary N) is 2. The van der Waals surface area contributed by atoms with Crippen LogP contribution in [0.25, 0.3) is 21.9 Å². The van der Waals surface area contributed by atoms with Gasteiger partial charge >= 0.3 is 0 Å². The Hall–Kier alpha value is -3.93. The number of nitrogens with zero attached hydrogens (tertiary/aromatic N) is 2. The second-order valence-electron chi connectivity index (χ2n) is 7.90. The molecule has 2 N–H and O–H groups in total. The third-order valence-electron chi connectivity index (χ3n) is 5.71. The number of benzene rings is 3. The fraction of sp³-hybridized carbons (Fsp3) is 0.160. The van der Waals surface area contributed by atoms with E-state index in [1.54, 1.807) is 4.68 Å². The number of aromatic nitrogens is 2. The van der Waals surface area contributed by atoms with Gasteiger partial charge in [-0.2, -0.15) is 5.10 Å². The first kappa shape index (κ1) is 19.1. The van der Waals surface area contributed by atoms with Crippen molar-refractivity contribution in [3.63, 3.8) is 0 Å². The number of carbonyl (C=O) groups is 2. The molecule has 0 saturated heterocycles. The average molecular weight is 410 g/mol. The van der Waals surface area contributed by atoms with Crippen molar-refractivity contribution in [2.45, 2.75) is 26.3 Å². The van der Waals surface area contributed by atoms with E-state index in [2.05, 4.69) is 15.7 Å². The lowest BCUT2D eigenvalue weighted by atomic mass is 10.0. The first-order valence-electron chi connectivity index (χ1n) is 10.3. The normalized spacial score (nSPS) is 15.0. The van der Waals surface area contributed by atoms with E-state index in [0.29, 0.717) is 5.82 Å². The molecule has 6 heteroatoms. The van der Waals surface area contributed by atoms with Crippen molar-refractivity contribution in [1.82, 2.24) is 9.78 Å². The highest BCUT2D eigenvalue weighted by atomic mass is 16.2. The second kappa shape index (κ2) is 7.40. The van der Waals surface area contributed by atoms with Gasteiger partial charge in [0.2, 0.25) is 5.91 Å². The minimum absolute atomic E-state index is 0.0104. The van der Waals surface area contributed by atoms with Gasteiger partial charge in [0, 0.05) is 16.6 Å². The van der Waals surface area contributed by atoms with Gasteiger partial charge < -0.3 is 10.6 Å². The highest BCUT2D eigenvalue weighted by Gasteiger charge is 2.36. The van der Waals surface area contributed by atoms with Crippen molar-refractivity contribution in [3.8, 4) is 11.1 Å². The van der Waals surface area contributed by atoms with E-state index < -0.39 is 6.04 Å². The third kappa shape index (κ3) is 3.36. The number of rotatable bonds is 4. The zero-order chi connectivity index (χ0) is 21.5. The van der Waals surface area contributed by atoms with Crippen molar-refractivity contribution >= 4 is 34.1 Å². The molecule has 5 rings (SSSR count). The number of fused-ring (bicyclic) bond motifs is 2. The molecule has 2 amide bonds. The monoisotopic (exact) mass is 410 g/mol. The zero-order valence-electron chi connectivity index (χ0n) is 17.3. The maximum absolute atomic E-state index is 12.8. The molecule has 0 radical (unpaired) electrons. The van der Waals surface area contributed by atoms with Crippen LogP contribution in [0.2, 0.25) is 0 Å². The number of amides is 2. The summed E-state index contributed by atoms with van der Waals surface area (Å²) in [5.74, 6) is 0.202. The predicted molar refractivity (Wildman–Crippen MR) is 122 cm³/mol. The maximum atomic E-state index is 12.8. The molecule has 6 nitrogen and oxygen atoms in total. The topological polar surface area (TPSA) is 76.0 Å². The van der Waals surface area contributed by atoms with Crippen LogP contribution in [0.1, 0.15) is 23.7 Å². The molecule has 31 heavy (non-hydrogen) atoms. The first-order valence-corrected chi connectivity index (χ1v) is 10.3. The smallest absolute Gasteiger partial charge is 0.251 e. The lowest BCUT2D eigenvalue weighted by Gasteiger charge is -2.12. The largest absolute Gasteiger partial charge is 0.325 e. The van der Waals surface area contributed by atoms with E-state index in [4.69, 9.17) is 0 Å². The number of anilines is 2. The molecule has 0 bridgehead atoms. The Morgan fingerprint density at radius 1 is 1.03 bits per heavy atom. The second-order valence-corrected chi connectivity index (χ2v) is 7.90. The van der Waals surface area contributed by atoms with Gasteiger partial charge in [-0.25, -0.2) is 4.68 Å². The standard InChI is InChI=1S/C25H22N4O2/c1-15-10-12-18(13-11-15)23-16(2)28-29-21(25(31)27-24(23)29)14-22(30)26-20-9-5-7-17-6-3-4-8-19(17)20/h3-13,21H,14H2,1-2H3,(H,26,30)(H,27,31). The van der Waals surface area contributed by atoms with Crippen LogP contribution in [0.4, 0.5) is 11.5 Å². The quantitative estimate of drug-likeness (QED) is 0.505. The Morgan fingerprint density at radius 2 is 1.77 bits per heavy atom. The van der Waals surface area contributed by atoms with Crippen LogP contribution in [0.15, 0.2) is 66.7 Å². The van der Waals surface area contributed by atoms with E-state index in [1.807, 2.05) is 80.6 Å². The summed E-state index contributed by atoms with van der Waals surface area (Å²) < 4.78 is 1.65. The minimum atomic E-state index is -0.678. The molecule has 1 aromatic heterocycles. The van der Waals surface area contributed by atoms with Gasteiger partial charge in [0.15, 0.2) is 0 Å². The Balaban J connectivity index is 1.41. The van der Waals surface area contributed by atoms with E-state index in [-0.39, 0.29) is 18.2 Å². The lowest BCUT2D eigenvalue weighted by molar-refractivity contribution is -0.123. The minimum Gasteiger partial charge on any atom is -0.325 e. The van der Waals surface area contributed by atoms with Gasteiger partial charge in [0.05, 0.1) is 12.1 Å². The van der Waals surface area contributed by atoms with Crippen molar-refractivity contribution < 1.29 is 9.59 Å². The molecule has 4 aromatic rings. The summed E-state index contributed by atoms with van der Waals surface area (Å²) in [6, 6.07) is 21.1. The fourth-order valence-corrected chi connectivity index (χ4v) is 4.16. The third-order valence-corrected chi connectivity index (χ3v) is 5.71. The molecule has 0 saturated carbocycles. The number of carbonyl (C=O) groups excluding carboxylic acids is 2. The van der Waals surface area contributed by atoms with Gasteiger partial charge in [-0.15, -0.1) is 0 Å². The van der Waals surface area contributed by atoms with Crippen molar-refractivity contribution in [2.24, 2.45) is 0 Å². The van der Waals surface area contributed by atoms with Gasteiger partial charge in [-0.3, -0.25) is 9.59 Å². The van der Waals surface area contributed by atoms with Gasteiger partial charge in [-0.1, -0.05) is 66.2 Å². The summed E-state index contributed by atoms with van der Waals surface area (Å²) in [5, 5.41) is 12.5. The van der Waals surface area contributed by atoms with Crippen molar-refractivity contribution in [3.05, 3.63) is 78.0 Å². The SMILES string of the molecule is Cc1ccc(-c2c(C)nn3c2NC(=O)C3CC(=O)Nc2cccc3ccccc23)cc1. The Bertz CT molecular complexity index is 1320. The molecule has 3 aromatic carbocycles. The van der Waals surface area contributed by atoms with Gasteiger partial charge in [0.1, 0.15) is 11.9 Å². The fourth-order valence-electron chi connectivity index (χ4n) is 4.16. The summed E-state index contributed by atoms with van der Waals surface area (Å²) >= 11 is 0. The highest BCUT2D eigenvalue weighted by Crippen LogP contribution is 2.38. The summed E-state index contributed by atoms with van der Waals surface area (Å²) in [7, 11) is 0. The van der Waals surface area contributed by atoms with Gasteiger partial charge in [-0.05, 0) is 30.9 Å². The van der Waals surface area contributed by atoms with Crippen LogP contribution in [0.5, 0.6) is 0 Å². The number of aryl methyl sites for hydroxylation is 2. The van der Waals surface area contributed by atoms with E-state index in [1.165, 1.54) is 0 Å². The summed E-state index contributed by atoms with van der Waals surface area (Å²) in [6.07, 6.45) is 0.0104. The summed E-state index contributed by atoms with van der Waals surface area (Å²) in [6.45, 7) is 3.95. The Kier molecular flexibility index (Phi) is 4.55. The van der Waals surface area contributed by atoms with Crippen LogP contribution in [0, 0.1) is 13.8 Å². The van der Waals surface area contributed by atoms with Gasteiger partial charge in [0.25, 0.3) is 5.91 Å². The number of hydrogen-bond donors (Lipinski definition) is 2. The Labute approximate surface area is 179 Å². The van der Waals surface area contributed by atoms with E-state index >= 15 is 0 Å². The molecule has 1 aliphatic heterocycles. The molecule has 0 aliphatic carbocycles. The molecule has 0 fully saturated rings. The lowest BCUT2D eigenvalue weighted by Crippen LogP contribution is -2.23. The zero-order valence-corrected chi connectivity index (χ0v) is 17.3. The van der Waals surface area contributed by atoms with Crippen molar-refractivity contribution in [1.29, 1.82) is 0 Å². The number of hydrogen-bond acceptors (Lipinski definition) is 3. The van der Waals surface area contributed by atoms with Crippen molar-refractivity contribution in [2.75, 3.05) is 10.6 Å². The predicted octanol–water partition coefficient (Wildman–Crippen LogP) is 4.84. The molecular weight excluding hydrogens is 388 g/mol. The highest BCUT2D eigenvalue weighted by molar-refractivity contribution is 6.06. The molecule has 1 unspecified atom stereocenters. The van der Waals surface area contributed by atoms with Crippen LogP contribution in [-0.2, 0) is 9.59 Å². The maximum Gasteiger partial charge on any atom is 0.251 e. The van der Waals surface area contributed by atoms with Crippen LogP contribution >= 0.6 is 0 Å². The van der Waals surface area contributed by atoms with Crippen LogP contribution in [0.3, 0.4) is 0 Å². The van der Waals surface area contributed by atoms with E-state index in [0.717, 1.165) is 38.8 Å². The summed E-state index contributed by atoms with van der Waals surface area (Å²) in [5.41, 5.74) is 4.60. The molecular formula is C25H22N4O2. The van der Waals surface area contributed by atoms with Crippen LogP contribution in [-0.4, -0.2) is 21.6 Å².